The summed E-state index contributed by atoms with van der Waals surface area (Å²) in [6.45, 7) is 3.80. The Hall–Kier alpha value is -1.76. The minimum Gasteiger partial charge on any atom is -0.355 e. The Morgan fingerprint density at radius 1 is 1.30 bits per heavy atom. The van der Waals surface area contributed by atoms with Gasteiger partial charge in [-0.25, -0.2) is 0 Å². The van der Waals surface area contributed by atoms with Crippen LogP contribution in [0.1, 0.15) is 24.1 Å². The van der Waals surface area contributed by atoms with Crippen LogP contribution in [0, 0.1) is 6.92 Å². The zero-order chi connectivity index (χ0) is 17.5. The van der Waals surface area contributed by atoms with Crippen LogP contribution in [0.5, 0.6) is 0 Å². The Bertz CT molecular complexity index is 514. The predicted octanol–water partition coefficient (Wildman–Crippen LogP) is 2.72. The van der Waals surface area contributed by atoms with Crippen LogP contribution in [-0.4, -0.2) is 50.8 Å². The molecule has 0 amide bonds. The van der Waals surface area contributed by atoms with Crippen molar-refractivity contribution in [3.8, 4) is 0 Å². The molecule has 1 rings (SSSR count). The zero-order valence-electron chi connectivity index (χ0n) is 14.0. The van der Waals surface area contributed by atoms with Gasteiger partial charge in [-0.3, -0.25) is 9.89 Å². The number of hydrogen-bond donors (Lipinski definition) is 2. The standard InChI is InChI=1S/C16H25F3N4/c1-12-7-5-6-8-14(12)13(2)22-15(20-3)21-9-10-23(4)11-16(17,18)19/h5-8,13H,9-11H2,1-4H3,(H2,20,21,22). The van der Waals surface area contributed by atoms with Crippen molar-refractivity contribution >= 4 is 5.96 Å². The molecule has 2 N–H and O–H groups in total. The van der Waals surface area contributed by atoms with Gasteiger partial charge in [0.1, 0.15) is 0 Å². The lowest BCUT2D eigenvalue weighted by Gasteiger charge is -2.22. The summed E-state index contributed by atoms with van der Waals surface area (Å²) in [5, 5.41) is 6.28. The summed E-state index contributed by atoms with van der Waals surface area (Å²) in [6, 6.07) is 8.08. The van der Waals surface area contributed by atoms with Gasteiger partial charge in [0.15, 0.2) is 5.96 Å². The third-order valence-electron chi connectivity index (χ3n) is 3.47. The van der Waals surface area contributed by atoms with Gasteiger partial charge in [0, 0.05) is 20.1 Å². The molecule has 0 fully saturated rings. The molecule has 0 aliphatic heterocycles. The smallest absolute Gasteiger partial charge is 0.355 e. The molecule has 0 bridgehead atoms. The van der Waals surface area contributed by atoms with Gasteiger partial charge in [-0.15, -0.1) is 0 Å². The van der Waals surface area contributed by atoms with Crippen LogP contribution in [0.2, 0.25) is 0 Å². The van der Waals surface area contributed by atoms with Crippen molar-refractivity contribution in [1.82, 2.24) is 15.5 Å². The van der Waals surface area contributed by atoms with Crippen molar-refractivity contribution in [3.63, 3.8) is 0 Å². The maximum atomic E-state index is 12.3. The Morgan fingerprint density at radius 3 is 2.52 bits per heavy atom. The minimum absolute atomic E-state index is 0.0512. The molecule has 7 heteroatoms. The molecule has 0 aliphatic rings. The van der Waals surface area contributed by atoms with E-state index in [1.807, 2.05) is 38.1 Å². The summed E-state index contributed by atoms with van der Waals surface area (Å²) in [5.41, 5.74) is 2.33. The second kappa shape index (κ2) is 8.76. The summed E-state index contributed by atoms with van der Waals surface area (Å²) in [6.07, 6.45) is -4.17. The van der Waals surface area contributed by atoms with Gasteiger partial charge in [-0.05, 0) is 32.0 Å². The number of aliphatic imine (C=N–C) groups is 1. The van der Waals surface area contributed by atoms with Gasteiger partial charge in [-0.1, -0.05) is 24.3 Å². The van der Waals surface area contributed by atoms with E-state index >= 15 is 0 Å². The number of aryl methyl sites for hydroxylation is 1. The average molecular weight is 330 g/mol. The number of nitrogens with one attached hydrogen (secondary N) is 2. The quantitative estimate of drug-likeness (QED) is 0.622. The summed E-state index contributed by atoms with van der Waals surface area (Å²) in [4.78, 5) is 5.34. The van der Waals surface area contributed by atoms with Crippen LogP contribution >= 0.6 is 0 Å². The number of halogens is 3. The highest BCUT2D eigenvalue weighted by atomic mass is 19.4. The summed E-state index contributed by atoms with van der Waals surface area (Å²) in [5.74, 6) is 0.571. The molecule has 1 aromatic rings. The van der Waals surface area contributed by atoms with Crippen LogP contribution in [0.4, 0.5) is 13.2 Å². The van der Waals surface area contributed by atoms with E-state index in [1.54, 1.807) is 7.05 Å². The first-order chi connectivity index (χ1) is 10.7. The maximum Gasteiger partial charge on any atom is 0.401 e. The van der Waals surface area contributed by atoms with E-state index in [-0.39, 0.29) is 12.6 Å². The molecule has 0 saturated heterocycles. The van der Waals surface area contributed by atoms with Crippen LogP contribution in [-0.2, 0) is 0 Å². The lowest BCUT2D eigenvalue weighted by atomic mass is 10.0. The fraction of sp³-hybridized carbons (Fsp3) is 0.562. The van der Waals surface area contributed by atoms with Gasteiger partial charge in [0.05, 0.1) is 12.6 Å². The zero-order valence-corrected chi connectivity index (χ0v) is 14.0. The number of nitrogens with zero attached hydrogens (tertiary/aromatic N) is 2. The number of hydrogen-bond acceptors (Lipinski definition) is 2. The number of rotatable bonds is 6. The molecule has 0 heterocycles. The lowest BCUT2D eigenvalue weighted by molar-refractivity contribution is -0.142. The topological polar surface area (TPSA) is 39.7 Å². The summed E-state index contributed by atoms with van der Waals surface area (Å²) >= 11 is 0. The van der Waals surface area contributed by atoms with E-state index in [2.05, 4.69) is 15.6 Å². The molecule has 0 saturated carbocycles. The Balaban J connectivity index is 2.45. The van der Waals surface area contributed by atoms with Crippen LogP contribution < -0.4 is 10.6 Å². The fourth-order valence-corrected chi connectivity index (χ4v) is 2.30. The van der Waals surface area contributed by atoms with E-state index in [4.69, 9.17) is 0 Å². The van der Waals surface area contributed by atoms with Gasteiger partial charge >= 0.3 is 6.18 Å². The molecule has 0 aliphatic carbocycles. The highest BCUT2D eigenvalue weighted by Crippen LogP contribution is 2.16. The second-order valence-corrected chi connectivity index (χ2v) is 5.57. The molecule has 0 aromatic heterocycles. The first kappa shape index (κ1) is 19.3. The van der Waals surface area contributed by atoms with Crippen molar-refractivity contribution in [2.75, 3.05) is 33.7 Å². The van der Waals surface area contributed by atoms with Gasteiger partial charge in [-0.2, -0.15) is 13.2 Å². The lowest BCUT2D eigenvalue weighted by Crippen LogP contribution is -2.43. The normalized spacial score (nSPS) is 14.0. The Kier molecular flexibility index (Phi) is 7.35. The molecule has 23 heavy (non-hydrogen) atoms. The SMILES string of the molecule is CN=C(NCCN(C)CC(F)(F)F)NC(C)c1ccccc1C. The Labute approximate surface area is 135 Å². The van der Waals surface area contributed by atoms with Crippen molar-refractivity contribution in [2.24, 2.45) is 4.99 Å². The highest BCUT2D eigenvalue weighted by molar-refractivity contribution is 5.80. The highest BCUT2D eigenvalue weighted by Gasteiger charge is 2.28. The van der Waals surface area contributed by atoms with Crippen molar-refractivity contribution in [2.45, 2.75) is 26.1 Å². The van der Waals surface area contributed by atoms with Gasteiger partial charge < -0.3 is 10.6 Å². The van der Waals surface area contributed by atoms with Crippen LogP contribution in [0.15, 0.2) is 29.3 Å². The predicted molar refractivity (Wildman–Crippen MR) is 87.6 cm³/mol. The first-order valence-electron chi connectivity index (χ1n) is 7.51. The third kappa shape index (κ3) is 7.36. The fourth-order valence-electron chi connectivity index (χ4n) is 2.30. The van der Waals surface area contributed by atoms with Crippen LogP contribution in [0.3, 0.4) is 0 Å². The minimum atomic E-state index is -4.17. The number of guanidine groups is 1. The summed E-state index contributed by atoms with van der Waals surface area (Å²) in [7, 11) is 3.08. The molecule has 0 radical (unpaired) electrons. The number of benzene rings is 1. The van der Waals surface area contributed by atoms with E-state index in [1.165, 1.54) is 17.5 Å². The van der Waals surface area contributed by atoms with Crippen molar-refractivity contribution in [1.29, 1.82) is 0 Å². The Morgan fingerprint density at radius 2 is 1.96 bits per heavy atom. The summed E-state index contributed by atoms with van der Waals surface area (Å²) < 4.78 is 36.8. The van der Waals surface area contributed by atoms with Crippen LogP contribution in [0.25, 0.3) is 0 Å². The van der Waals surface area contributed by atoms with Crippen molar-refractivity contribution in [3.05, 3.63) is 35.4 Å². The third-order valence-corrected chi connectivity index (χ3v) is 3.47. The van der Waals surface area contributed by atoms with E-state index in [9.17, 15) is 13.2 Å². The van der Waals surface area contributed by atoms with Gasteiger partial charge in [0.2, 0.25) is 0 Å². The number of likely N-dealkylation sites (N-methyl/N-ethyl adjacent to an activating group) is 1. The largest absolute Gasteiger partial charge is 0.401 e. The molecule has 4 nitrogen and oxygen atoms in total. The molecule has 1 atom stereocenters. The average Bonchev–Trinajstić information content (AvgIpc) is 2.44. The molecule has 1 unspecified atom stereocenters. The molecule has 1 aromatic carbocycles. The van der Waals surface area contributed by atoms with E-state index in [0.717, 1.165) is 5.56 Å². The molecule has 130 valence electrons. The van der Waals surface area contributed by atoms with E-state index in [0.29, 0.717) is 12.5 Å². The molecular formula is C16H25F3N4. The second-order valence-electron chi connectivity index (χ2n) is 5.57. The first-order valence-corrected chi connectivity index (χ1v) is 7.51. The molecule has 0 spiro atoms. The van der Waals surface area contributed by atoms with Crippen molar-refractivity contribution < 1.29 is 13.2 Å². The van der Waals surface area contributed by atoms with Gasteiger partial charge in [0.25, 0.3) is 0 Å². The number of alkyl halides is 3. The molecular weight excluding hydrogens is 305 g/mol. The maximum absolute atomic E-state index is 12.3. The monoisotopic (exact) mass is 330 g/mol. The van der Waals surface area contributed by atoms with E-state index < -0.39 is 12.7 Å².